The van der Waals surface area contributed by atoms with E-state index in [1.807, 2.05) is 37.3 Å². The van der Waals surface area contributed by atoms with Gasteiger partial charge in [-0.3, -0.25) is 9.52 Å². The molecule has 0 unspecified atom stereocenters. The summed E-state index contributed by atoms with van der Waals surface area (Å²) in [5.74, 6) is -1.03. The van der Waals surface area contributed by atoms with Crippen molar-refractivity contribution < 1.29 is 17.6 Å². The summed E-state index contributed by atoms with van der Waals surface area (Å²) in [4.78, 5) is 12.7. The number of anilines is 2. The van der Waals surface area contributed by atoms with Gasteiger partial charge in [0.05, 0.1) is 22.0 Å². The maximum atomic E-state index is 13.1. The van der Waals surface area contributed by atoms with Crippen LogP contribution in [0.3, 0.4) is 0 Å². The summed E-state index contributed by atoms with van der Waals surface area (Å²) in [6.45, 7) is 1.83. The first kappa shape index (κ1) is 21.3. The minimum absolute atomic E-state index is 0.0998. The molecule has 162 valence electrons. The fraction of sp³-hybridized carbons (Fsp3) is 0.0435. The lowest BCUT2D eigenvalue weighted by molar-refractivity contribution is 0.102. The Kier molecular flexibility index (Phi) is 5.74. The first-order valence-corrected chi connectivity index (χ1v) is 11.1. The molecule has 0 fully saturated rings. The first-order chi connectivity index (χ1) is 15.3. The van der Waals surface area contributed by atoms with E-state index in [4.69, 9.17) is 0 Å². The molecule has 2 N–H and O–H groups in total. The summed E-state index contributed by atoms with van der Waals surface area (Å²) in [7, 11) is -3.98. The Balaban J connectivity index is 1.57. The lowest BCUT2D eigenvalue weighted by Gasteiger charge is -2.13. The number of amides is 1. The van der Waals surface area contributed by atoms with Gasteiger partial charge in [0.2, 0.25) is 0 Å². The van der Waals surface area contributed by atoms with Gasteiger partial charge in [-0.05, 0) is 61.5 Å². The second-order valence-electron chi connectivity index (χ2n) is 6.98. The molecule has 1 aromatic heterocycles. The number of rotatable bonds is 6. The number of carbonyl (C=O) groups excluding carboxylic acids is 1. The SMILES string of the molecule is Cc1cc(C(=O)Nc2ccccc2NS(=O)(=O)c2ccc(F)cc2)nn1-c1ccccc1. The van der Waals surface area contributed by atoms with E-state index in [-0.39, 0.29) is 22.0 Å². The molecule has 9 heteroatoms. The molecule has 0 saturated carbocycles. The van der Waals surface area contributed by atoms with Gasteiger partial charge in [0.25, 0.3) is 15.9 Å². The van der Waals surface area contributed by atoms with Crippen molar-refractivity contribution in [2.24, 2.45) is 0 Å². The molecule has 4 aromatic rings. The number of hydrogen-bond acceptors (Lipinski definition) is 4. The van der Waals surface area contributed by atoms with Gasteiger partial charge in [-0.2, -0.15) is 5.10 Å². The Hall–Kier alpha value is -3.98. The largest absolute Gasteiger partial charge is 0.319 e. The number of carbonyl (C=O) groups is 1. The molecule has 0 aliphatic heterocycles. The highest BCUT2D eigenvalue weighted by molar-refractivity contribution is 7.92. The predicted octanol–water partition coefficient (Wildman–Crippen LogP) is 4.37. The summed E-state index contributed by atoms with van der Waals surface area (Å²) in [6.07, 6.45) is 0. The van der Waals surface area contributed by atoms with Crippen LogP contribution in [0, 0.1) is 12.7 Å². The third-order valence-electron chi connectivity index (χ3n) is 4.66. The molecule has 32 heavy (non-hydrogen) atoms. The monoisotopic (exact) mass is 450 g/mol. The van der Waals surface area contributed by atoms with Crippen molar-refractivity contribution >= 4 is 27.3 Å². The molecule has 1 heterocycles. The number of aryl methyl sites for hydroxylation is 1. The van der Waals surface area contributed by atoms with Crippen molar-refractivity contribution in [3.8, 4) is 5.69 Å². The molecule has 0 saturated heterocycles. The Morgan fingerprint density at radius 3 is 2.22 bits per heavy atom. The zero-order chi connectivity index (χ0) is 22.7. The summed E-state index contributed by atoms with van der Waals surface area (Å²) in [5.41, 5.74) is 2.20. The zero-order valence-corrected chi connectivity index (χ0v) is 17.8. The summed E-state index contributed by atoms with van der Waals surface area (Å²) in [6, 6.07) is 21.9. The van der Waals surface area contributed by atoms with Gasteiger partial charge >= 0.3 is 0 Å². The molecule has 3 aromatic carbocycles. The van der Waals surface area contributed by atoms with E-state index in [1.54, 1.807) is 28.9 Å². The molecule has 0 bridgehead atoms. The van der Waals surface area contributed by atoms with E-state index in [2.05, 4.69) is 15.1 Å². The smallest absolute Gasteiger partial charge is 0.276 e. The van der Waals surface area contributed by atoms with E-state index in [9.17, 15) is 17.6 Å². The normalized spacial score (nSPS) is 11.2. The van der Waals surface area contributed by atoms with Crippen LogP contribution in [0.15, 0.2) is 89.8 Å². The van der Waals surface area contributed by atoms with E-state index in [0.717, 1.165) is 35.6 Å². The number of nitrogens with zero attached hydrogens (tertiary/aromatic N) is 2. The van der Waals surface area contributed by atoms with Crippen LogP contribution < -0.4 is 10.0 Å². The lowest BCUT2D eigenvalue weighted by atomic mass is 10.2. The van der Waals surface area contributed by atoms with Crippen LogP contribution in [0.1, 0.15) is 16.2 Å². The van der Waals surface area contributed by atoms with Gasteiger partial charge in [-0.25, -0.2) is 17.5 Å². The summed E-state index contributed by atoms with van der Waals surface area (Å²) >= 11 is 0. The van der Waals surface area contributed by atoms with Crippen LogP contribution in [0.25, 0.3) is 5.69 Å². The highest BCUT2D eigenvalue weighted by Gasteiger charge is 2.19. The van der Waals surface area contributed by atoms with E-state index in [0.29, 0.717) is 0 Å². The number of hydrogen-bond donors (Lipinski definition) is 2. The Labute approximate surface area is 184 Å². The minimum atomic E-state index is -3.98. The average molecular weight is 450 g/mol. The van der Waals surface area contributed by atoms with Crippen molar-refractivity contribution in [1.29, 1.82) is 0 Å². The Morgan fingerprint density at radius 2 is 1.53 bits per heavy atom. The molecule has 0 radical (unpaired) electrons. The van der Waals surface area contributed by atoms with Crippen LogP contribution in [-0.2, 0) is 10.0 Å². The molecule has 4 rings (SSSR count). The fourth-order valence-electron chi connectivity index (χ4n) is 3.10. The van der Waals surface area contributed by atoms with Crippen molar-refractivity contribution in [3.63, 3.8) is 0 Å². The molecule has 7 nitrogen and oxygen atoms in total. The average Bonchev–Trinajstić information content (AvgIpc) is 3.17. The lowest BCUT2D eigenvalue weighted by Crippen LogP contribution is -2.17. The number of benzene rings is 3. The summed E-state index contributed by atoms with van der Waals surface area (Å²) < 4.78 is 42.5. The van der Waals surface area contributed by atoms with Crippen molar-refractivity contribution in [3.05, 3.63) is 102 Å². The number of halogens is 1. The van der Waals surface area contributed by atoms with Crippen molar-refractivity contribution in [2.45, 2.75) is 11.8 Å². The molecule has 0 atom stereocenters. The van der Waals surface area contributed by atoms with Gasteiger partial charge in [-0.1, -0.05) is 30.3 Å². The van der Waals surface area contributed by atoms with Crippen LogP contribution in [0.2, 0.25) is 0 Å². The van der Waals surface area contributed by atoms with Crippen molar-refractivity contribution in [1.82, 2.24) is 9.78 Å². The van der Waals surface area contributed by atoms with Gasteiger partial charge in [0.15, 0.2) is 5.69 Å². The van der Waals surface area contributed by atoms with Crippen LogP contribution >= 0.6 is 0 Å². The maximum absolute atomic E-state index is 13.1. The first-order valence-electron chi connectivity index (χ1n) is 9.64. The van der Waals surface area contributed by atoms with E-state index < -0.39 is 21.7 Å². The highest BCUT2D eigenvalue weighted by atomic mass is 32.2. The third-order valence-corrected chi connectivity index (χ3v) is 6.05. The quantitative estimate of drug-likeness (QED) is 0.456. The van der Waals surface area contributed by atoms with Crippen LogP contribution in [-0.4, -0.2) is 24.1 Å². The van der Waals surface area contributed by atoms with Gasteiger partial charge in [0.1, 0.15) is 5.82 Å². The van der Waals surface area contributed by atoms with Crippen LogP contribution in [0.5, 0.6) is 0 Å². The van der Waals surface area contributed by atoms with Gasteiger partial charge in [0, 0.05) is 5.69 Å². The number of nitrogens with one attached hydrogen (secondary N) is 2. The van der Waals surface area contributed by atoms with E-state index >= 15 is 0 Å². The number of para-hydroxylation sites is 3. The maximum Gasteiger partial charge on any atom is 0.276 e. The third kappa shape index (κ3) is 4.52. The fourth-order valence-corrected chi connectivity index (χ4v) is 4.18. The minimum Gasteiger partial charge on any atom is -0.319 e. The molecule has 0 aliphatic carbocycles. The zero-order valence-electron chi connectivity index (χ0n) is 17.0. The standard InChI is InChI=1S/C23H19FN4O3S/c1-16-15-22(26-28(16)18-7-3-2-4-8-18)23(29)25-20-9-5-6-10-21(20)27-32(30,31)19-13-11-17(24)12-14-19/h2-15,27H,1H3,(H,25,29). The predicted molar refractivity (Wildman–Crippen MR) is 120 cm³/mol. The summed E-state index contributed by atoms with van der Waals surface area (Å²) in [5, 5.41) is 7.07. The molecule has 0 aliphatic rings. The Morgan fingerprint density at radius 1 is 0.906 bits per heavy atom. The Bertz CT molecular complexity index is 1370. The highest BCUT2D eigenvalue weighted by Crippen LogP contribution is 2.25. The number of sulfonamides is 1. The topological polar surface area (TPSA) is 93.1 Å². The van der Waals surface area contributed by atoms with Crippen LogP contribution in [0.4, 0.5) is 15.8 Å². The second kappa shape index (κ2) is 8.64. The molecular formula is C23H19FN4O3S. The molecule has 1 amide bonds. The second-order valence-corrected chi connectivity index (χ2v) is 8.66. The molecular weight excluding hydrogens is 431 g/mol. The van der Waals surface area contributed by atoms with Gasteiger partial charge < -0.3 is 5.32 Å². The number of aromatic nitrogens is 2. The van der Waals surface area contributed by atoms with E-state index in [1.165, 1.54) is 6.07 Å². The van der Waals surface area contributed by atoms with Gasteiger partial charge in [-0.15, -0.1) is 0 Å². The van der Waals surface area contributed by atoms with Crippen molar-refractivity contribution in [2.75, 3.05) is 10.0 Å². The molecule has 0 spiro atoms.